The van der Waals surface area contributed by atoms with E-state index in [-0.39, 0.29) is 36.8 Å². The van der Waals surface area contributed by atoms with Crippen LogP contribution in [0.2, 0.25) is 0 Å². The molecule has 2 amide bonds. The van der Waals surface area contributed by atoms with E-state index in [9.17, 15) is 14.7 Å². The van der Waals surface area contributed by atoms with Crippen molar-refractivity contribution in [3.63, 3.8) is 0 Å². The SMILES string of the molecule is O=C1[C@H]2CC=CC[C@H]2C(=O)N1c1ccc(OC[C@H](O)Cn2nnc3ccccc32)cc1. The molecular formula is C23H22N4O4. The first-order valence-corrected chi connectivity index (χ1v) is 10.3. The molecule has 2 heterocycles. The van der Waals surface area contributed by atoms with Crippen LogP contribution in [0.3, 0.4) is 0 Å². The number of aliphatic hydroxyl groups excluding tert-OH is 1. The molecule has 0 spiro atoms. The number of aromatic nitrogens is 3. The molecule has 2 aliphatic rings. The number of aliphatic hydroxyl groups is 1. The standard InChI is InChI=1S/C23H22N4O4/c28-16(13-26-21-8-4-3-7-20(21)24-25-26)14-31-17-11-9-15(10-12-17)27-22(29)18-5-1-2-6-19(18)23(27)30/h1-4,7-12,16,18-19,28H,5-6,13-14H2/t16-,18-,19+/m1/s1. The predicted molar refractivity (Wildman–Crippen MR) is 113 cm³/mol. The maximum absolute atomic E-state index is 12.7. The first-order chi connectivity index (χ1) is 15.1. The molecule has 2 aromatic carbocycles. The number of hydrogen-bond donors (Lipinski definition) is 1. The van der Waals surface area contributed by atoms with E-state index in [0.717, 1.165) is 11.0 Å². The molecule has 8 nitrogen and oxygen atoms in total. The van der Waals surface area contributed by atoms with Gasteiger partial charge in [-0.2, -0.15) is 0 Å². The summed E-state index contributed by atoms with van der Waals surface area (Å²) in [5.74, 6) is -0.232. The highest BCUT2D eigenvalue weighted by atomic mass is 16.5. The Balaban J connectivity index is 1.21. The number of amides is 2. The molecule has 0 bridgehead atoms. The van der Waals surface area contributed by atoms with Crippen LogP contribution >= 0.6 is 0 Å². The normalized spacial score (nSPS) is 21.5. The van der Waals surface area contributed by atoms with Gasteiger partial charge in [0.05, 0.1) is 29.6 Å². The number of benzene rings is 2. The molecule has 158 valence electrons. The van der Waals surface area contributed by atoms with Crippen molar-refractivity contribution in [2.24, 2.45) is 11.8 Å². The number of nitrogens with zero attached hydrogens (tertiary/aromatic N) is 4. The van der Waals surface area contributed by atoms with Crippen LogP contribution in [0, 0.1) is 11.8 Å². The van der Waals surface area contributed by atoms with Gasteiger partial charge in [-0.25, -0.2) is 4.68 Å². The van der Waals surface area contributed by atoms with Crippen molar-refractivity contribution in [1.29, 1.82) is 0 Å². The lowest BCUT2D eigenvalue weighted by Gasteiger charge is -2.16. The average Bonchev–Trinajstić information content (AvgIpc) is 3.32. The molecule has 3 atom stereocenters. The number of carbonyl (C=O) groups is 2. The third-order valence-electron chi connectivity index (χ3n) is 5.85. The molecular weight excluding hydrogens is 396 g/mol. The Morgan fingerprint density at radius 2 is 1.68 bits per heavy atom. The summed E-state index contributed by atoms with van der Waals surface area (Å²) >= 11 is 0. The summed E-state index contributed by atoms with van der Waals surface area (Å²) < 4.78 is 7.33. The zero-order valence-electron chi connectivity index (χ0n) is 16.8. The Hall–Kier alpha value is -3.52. The zero-order valence-corrected chi connectivity index (χ0v) is 16.8. The molecule has 1 saturated heterocycles. The molecule has 5 rings (SSSR count). The maximum atomic E-state index is 12.7. The Bertz CT molecular complexity index is 1130. The molecule has 1 aliphatic heterocycles. The van der Waals surface area contributed by atoms with Crippen LogP contribution in [0.25, 0.3) is 11.0 Å². The number of rotatable bonds is 6. The molecule has 0 unspecified atom stereocenters. The number of para-hydroxylation sites is 1. The van der Waals surface area contributed by atoms with Crippen molar-refractivity contribution in [1.82, 2.24) is 15.0 Å². The van der Waals surface area contributed by atoms with E-state index < -0.39 is 6.10 Å². The van der Waals surface area contributed by atoms with Crippen molar-refractivity contribution in [3.05, 3.63) is 60.7 Å². The molecule has 1 fully saturated rings. The number of anilines is 1. The molecule has 8 heteroatoms. The topological polar surface area (TPSA) is 97.6 Å². The number of hydrogen-bond acceptors (Lipinski definition) is 6. The van der Waals surface area contributed by atoms with Gasteiger partial charge in [-0.05, 0) is 49.2 Å². The van der Waals surface area contributed by atoms with Gasteiger partial charge >= 0.3 is 0 Å². The van der Waals surface area contributed by atoms with Crippen LogP contribution in [-0.4, -0.2) is 44.6 Å². The Morgan fingerprint density at radius 3 is 2.39 bits per heavy atom. The van der Waals surface area contributed by atoms with Crippen molar-refractivity contribution >= 4 is 28.5 Å². The summed E-state index contributed by atoms with van der Waals surface area (Å²) in [7, 11) is 0. The van der Waals surface area contributed by atoms with Crippen molar-refractivity contribution in [3.8, 4) is 5.75 Å². The first kappa shape index (κ1) is 19.4. The third-order valence-corrected chi connectivity index (χ3v) is 5.85. The van der Waals surface area contributed by atoms with Gasteiger partial charge in [0.15, 0.2) is 0 Å². The van der Waals surface area contributed by atoms with Gasteiger partial charge in [0, 0.05) is 0 Å². The van der Waals surface area contributed by atoms with E-state index in [0.29, 0.717) is 24.3 Å². The summed E-state index contributed by atoms with van der Waals surface area (Å²) in [4.78, 5) is 26.7. The molecule has 1 N–H and O–H groups in total. The fourth-order valence-electron chi connectivity index (χ4n) is 4.24. The molecule has 31 heavy (non-hydrogen) atoms. The van der Waals surface area contributed by atoms with Crippen LogP contribution in [0.15, 0.2) is 60.7 Å². The Kier molecular flexibility index (Phi) is 4.99. The summed E-state index contributed by atoms with van der Waals surface area (Å²) in [6.07, 6.45) is 4.40. The summed E-state index contributed by atoms with van der Waals surface area (Å²) in [5, 5.41) is 18.5. The summed E-state index contributed by atoms with van der Waals surface area (Å²) in [6, 6.07) is 14.4. The molecule has 1 aromatic heterocycles. The lowest BCUT2D eigenvalue weighted by molar-refractivity contribution is -0.122. The smallest absolute Gasteiger partial charge is 0.238 e. The van der Waals surface area contributed by atoms with E-state index in [4.69, 9.17) is 4.74 Å². The van der Waals surface area contributed by atoms with E-state index >= 15 is 0 Å². The van der Waals surface area contributed by atoms with Crippen molar-refractivity contribution in [2.75, 3.05) is 11.5 Å². The number of allylic oxidation sites excluding steroid dienone is 2. The highest BCUT2D eigenvalue weighted by Gasteiger charge is 2.47. The van der Waals surface area contributed by atoms with E-state index in [1.54, 1.807) is 28.9 Å². The summed E-state index contributed by atoms with van der Waals surface area (Å²) in [6.45, 7) is 0.330. The summed E-state index contributed by atoms with van der Waals surface area (Å²) in [5.41, 5.74) is 2.17. The highest BCUT2D eigenvalue weighted by molar-refractivity contribution is 6.22. The largest absolute Gasteiger partial charge is 0.491 e. The van der Waals surface area contributed by atoms with Gasteiger partial charge in [0.2, 0.25) is 11.8 Å². The number of fused-ring (bicyclic) bond motifs is 2. The minimum atomic E-state index is -0.776. The minimum absolute atomic E-state index is 0.0743. The first-order valence-electron chi connectivity index (χ1n) is 10.3. The zero-order chi connectivity index (χ0) is 21.4. The Morgan fingerprint density at radius 1 is 1.00 bits per heavy atom. The van der Waals surface area contributed by atoms with Crippen LogP contribution in [0.1, 0.15) is 12.8 Å². The second-order valence-electron chi connectivity index (χ2n) is 7.89. The fraction of sp³-hybridized carbons (Fsp3) is 0.304. The quantitative estimate of drug-likeness (QED) is 0.487. The average molecular weight is 418 g/mol. The van der Waals surface area contributed by atoms with E-state index in [2.05, 4.69) is 10.3 Å². The van der Waals surface area contributed by atoms with Crippen LogP contribution in [0.4, 0.5) is 5.69 Å². The second-order valence-corrected chi connectivity index (χ2v) is 7.89. The van der Waals surface area contributed by atoms with Crippen molar-refractivity contribution < 1.29 is 19.4 Å². The Labute approximate surface area is 178 Å². The molecule has 1 aliphatic carbocycles. The molecule has 0 radical (unpaired) electrons. The number of imide groups is 1. The lowest BCUT2D eigenvalue weighted by Crippen LogP contribution is -2.30. The molecule has 3 aromatic rings. The van der Waals surface area contributed by atoms with Gasteiger partial charge in [-0.15, -0.1) is 5.10 Å². The van der Waals surface area contributed by atoms with Gasteiger partial charge in [-0.1, -0.05) is 29.5 Å². The van der Waals surface area contributed by atoms with E-state index in [1.807, 2.05) is 36.4 Å². The monoisotopic (exact) mass is 418 g/mol. The second kappa shape index (κ2) is 7.96. The van der Waals surface area contributed by atoms with Gasteiger partial charge in [0.25, 0.3) is 0 Å². The molecule has 0 saturated carbocycles. The third kappa shape index (κ3) is 3.59. The highest BCUT2D eigenvalue weighted by Crippen LogP contribution is 2.37. The lowest BCUT2D eigenvalue weighted by atomic mass is 9.85. The van der Waals surface area contributed by atoms with Crippen molar-refractivity contribution in [2.45, 2.75) is 25.5 Å². The number of ether oxygens (including phenoxy) is 1. The van der Waals surface area contributed by atoms with Gasteiger partial charge < -0.3 is 9.84 Å². The fourth-order valence-corrected chi connectivity index (χ4v) is 4.24. The predicted octanol–water partition coefficient (Wildman–Crippen LogP) is 2.33. The minimum Gasteiger partial charge on any atom is -0.491 e. The van der Waals surface area contributed by atoms with Crippen LogP contribution in [0.5, 0.6) is 5.75 Å². The van der Waals surface area contributed by atoms with Gasteiger partial charge in [-0.3, -0.25) is 14.5 Å². The van der Waals surface area contributed by atoms with Crippen LogP contribution in [-0.2, 0) is 16.1 Å². The van der Waals surface area contributed by atoms with Crippen LogP contribution < -0.4 is 9.64 Å². The van der Waals surface area contributed by atoms with Gasteiger partial charge in [0.1, 0.15) is 24.0 Å². The number of carbonyl (C=O) groups excluding carboxylic acids is 2. The maximum Gasteiger partial charge on any atom is 0.238 e. The van der Waals surface area contributed by atoms with E-state index in [1.165, 1.54) is 4.90 Å².